The average molecular weight is 265 g/mol. The summed E-state index contributed by atoms with van der Waals surface area (Å²) >= 11 is 0. The molecule has 1 aliphatic heterocycles. The summed E-state index contributed by atoms with van der Waals surface area (Å²) in [4.78, 5) is 12.0. The molecule has 1 aromatic rings. The molecule has 0 aliphatic carbocycles. The van der Waals surface area contributed by atoms with Crippen LogP contribution in [0.5, 0.6) is 0 Å². The molecule has 1 saturated heterocycles. The molecule has 1 fully saturated rings. The lowest BCUT2D eigenvalue weighted by molar-refractivity contribution is -0.122. The van der Waals surface area contributed by atoms with Gasteiger partial charge in [0.05, 0.1) is 5.69 Å². The molecule has 0 bridgehead atoms. The van der Waals surface area contributed by atoms with Gasteiger partial charge in [0.15, 0.2) is 0 Å². The van der Waals surface area contributed by atoms with Gasteiger partial charge in [0, 0.05) is 24.1 Å². The van der Waals surface area contributed by atoms with Gasteiger partial charge in [-0.2, -0.15) is 0 Å². The maximum absolute atomic E-state index is 12.0. The lowest BCUT2D eigenvalue weighted by atomic mass is 9.99. The third kappa shape index (κ3) is 3.56. The van der Waals surface area contributed by atoms with Crippen molar-refractivity contribution in [3.05, 3.63) is 17.0 Å². The van der Waals surface area contributed by atoms with E-state index in [0.29, 0.717) is 18.9 Å². The SMILES string of the molecule is Cc1noc(C)c1CCC(=O)NC1CCCNC1C. The normalized spacial score (nSPS) is 23.3. The van der Waals surface area contributed by atoms with Crippen LogP contribution < -0.4 is 10.6 Å². The summed E-state index contributed by atoms with van der Waals surface area (Å²) in [6.07, 6.45) is 3.37. The molecule has 1 amide bonds. The zero-order valence-corrected chi connectivity index (χ0v) is 12.0. The van der Waals surface area contributed by atoms with Crippen molar-refractivity contribution >= 4 is 5.91 Å². The van der Waals surface area contributed by atoms with Crippen LogP contribution >= 0.6 is 0 Å². The van der Waals surface area contributed by atoms with E-state index < -0.39 is 0 Å². The van der Waals surface area contributed by atoms with E-state index in [4.69, 9.17) is 4.52 Å². The molecule has 19 heavy (non-hydrogen) atoms. The Balaban J connectivity index is 1.81. The molecular weight excluding hydrogens is 242 g/mol. The highest BCUT2D eigenvalue weighted by molar-refractivity contribution is 5.76. The highest BCUT2D eigenvalue weighted by atomic mass is 16.5. The zero-order valence-electron chi connectivity index (χ0n) is 12.0. The number of carbonyl (C=O) groups is 1. The van der Waals surface area contributed by atoms with E-state index in [-0.39, 0.29) is 11.9 Å². The molecule has 2 heterocycles. The average Bonchev–Trinajstić information content (AvgIpc) is 2.70. The minimum absolute atomic E-state index is 0.112. The topological polar surface area (TPSA) is 67.2 Å². The molecular formula is C14H23N3O2. The third-order valence-corrected chi connectivity index (χ3v) is 3.89. The van der Waals surface area contributed by atoms with E-state index in [1.807, 2.05) is 13.8 Å². The minimum Gasteiger partial charge on any atom is -0.361 e. The smallest absolute Gasteiger partial charge is 0.220 e. The predicted octanol–water partition coefficient (Wildman–Crippen LogP) is 1.48. The van der Waals surface area contributed by atoms with Crippen molar-refractivity contribution in [1.82, 2.24) is 15.8 Å². The summed E-state index contributed by atoms with van der Waals surface area (Å²) in [6.45, 7) is 6.97. The van der Waals surface area contributed by atoms with E-state index in [1.54, 1.807) is 0 Å². The fraction of sp³-hybridized carbons (Fsp3) is 0.714. The van der Waals surface area contributed by atoms with Crippen LogP contribution in [0, 0.1) is 13.8 Å². The highest BCUT2D eigenvalue weighted by Crippen LogP contribution is 2.14. The molecule has 5 heteroatoms. The summed E-state index contributed by atoms with van der Waals surface area (Å²) in [6, 6.07) is 0.614. The van der Waals surface area contributed by atoms with Crippen LogP contribution in [0.3, 0.4) is 0 Å². The van der Waals surface area contributed by atoms with E-state index in [0.717, 1.165) is 36.4 Å². The summed E-state index contributed by atoms with van der Waals surface area (Å²) < 4.78 is 5.10. The first-order valence-electron chi connectivity index (χ1n) is 7.02. The van der Waals surface area contributed by atoms with E-state index >= 15 is 0 Å². The van der Waals surface area contributed by atoms with E-state index in [1.165, 1.54) is 0 Å². The lowest BCUT2D eigenvalue weighted by Crippen LogP contribution is -2.51. The maximum atomic E-state index is 12.0. The number of amides is 1. The summed E-state index contributed by atoms with van der Waals surface area (Å²) in [5, 5.41) is 10.4. The Hall–Kier alpha value is -1.36. The largest absolute Gasteiger partial charge is 0.361 e. The van der Waals surface area contributed by atoms with Crippen LogP contribution in [0.1, 0.15) is 43.2 Å². The third-order valence-electron chi connectivity index (χ3n) is 3.89. The van der Waals surface area contributed by atoms with E-state index in [9.17, 15) is 4.79 Å². The Kier molecular flexibility index (Phi) is 4.58. The van der Waals surface area contributed by atoms with Gasteiger partial charge in [-0.1, -0.05) is 5.16 Å². The summed E-state index contributed by atoms with van der Waals surface area (Å²) in [5.41, 5.74) is 1.95. The first-order chi connectivity index (χ1) is 9.08. The van der Waals surface area contributed by atoms with Gasteiger partial charge in [0.25, 0.3) is 0 Å². The Labute approximate surface area is 114 Å². The van der Waals surface area contributed by atoms with E-state index in [2.05, 4.69) is 22.7 Å². The van der Waals surface area contributed by atoms with Crippen LogP contribution in [0.25, 0.3) is 0 Å². The van der Waals surface area contributed by atoms with Crippen LogP contribution in [0.2, 0.25) is 0 Å². The molecule has 106 valence electrons. The Morgan fingerprint density at radius 1 is 1.53 bits per heavy atom. The second kappa shape index (κ2) is 6.19. The number of nitrogens with zero attached hydrogens (tertiary/aromatic N) is 1. The molecule has 2 atom stereocenters. The number of nitrogens with one attached hydrogen (secondary N) is 2. The van der Waals surface area contributed by atoms with Crippen molar-refractivity contribution in [1.29, 1.82) is 0 Å². The number of carbonyl (C=O) groups excluding carboxylic acids is 1. The van der Waals surface area contributed by atoms with Crippen LogP contribution in [0.4, 0.5) is 0 Å². The van der Waals surface area contributed by atoms with Gasteiger partial charge in [-0.15, -0.1) is 0 Å². The summed E-state index contributed by atoms with van der Waals surface area (Å²) in [5.74, 6) is 0.929. The van der Waals surface area contributed by atoms with Gasteiger partial charge in [-0.3, -0.25) is 4.79 Å². The second-order valence-corrected chi connectivity index (χ2v) is 5.36. The Morgan fingerprint density at radius 2 is 2.32 bits per heavy atom. The second-order valence-electron chi connectivity index (χ2n) is 5.36. The van der Waals surface area contributed by atoms with Crippen molar-refractivity contribution < 1.29 is 9.32 Å². The molecule has 0 aromatic carbocycles. The first-order valence-corrected chi connectivity index (χ1v) is 7.02. The maximum Gasteiger partial charge on any atom is 0.220 e. The zero-order chi connectivity index (χ0) is 13.8. The van der Waals surface area contributed by atoms with Crippen molar-refractivity contribution in [3.8, 4) is 0 Å². The van der Waals surface area contributed by atoms with Crippen molar-refractivity contribution in [2.75, 3.05) is 6.54 Å². The van der Waals surface area contributed by atoms with Crippen LogP contribution in [-0.4, -0.2) is 29.7 Å². The number of piperidine rings is 1. The molecule has 2 unspecified atom stereocenters. The molecule has 1 aromatic heterocycles. The predicted molar refractivity (Wildman–Crippen MR) is 72.9 cm³/mol. The monoisotopic (exact) mass is 265 g/mol. The number of hydrogen-bond donors (Lipinski definition) is 2. The Morgan fingerprint density at radius 3 is 2.95 bits per heavy atom. The standard InChI is InChI=1S/C14H23N3O2/c1-9-12(11(3)19-17-9)6-7-14(18)16-13-5-4-8-15-10(13)2/h10,13,15H,4-8H2,1-3H3,(H,16,18). The van der Waals surface area contributed by atoms with Crippen molar-refractivity contribution in [2.45, 2.75) is 58.5 Å². The van der Waals surface area contributed by atoms with Gasteiger partial charge in [-0.25, -0.2) is 0 Å². The van der Waals surface area contributed by atoms with Crippen LogP contribution in [0.15, 0.2) is 4.52 Å². The van der Waals surface area contributed by atoms with Gasteiger partial charge in [-0.05, 0) is 46.6 Å². The lowest BCUT2D eigenvalue weighted by Gasteiger charge is -2.30. The van der Waals surface area contributed by atoms with Crippen molar-refractivity contribution in [3.63, 3.8) is 0 Å². The first kappa shape index (κ1) is 14.1. The van der Waals surface area contributed by atoms with Gasteiger partial charge in [0.1, 0.15) is 5.76 Å². The van der Waals surface area contributed by atoms with Crippen molar-refractivity contribution in [2.24, 2.45) is 0 Å². The molecule has 0 radical (unpaired) electrons. The molecule has 0 saturated carbocycles. The summed E-state index contributed by atoms with van der Waals surface area (Å²) in [7, 11) is 0. The van der Waals surface area contributed by atoms with Gasteiger partial charge in [0.2, 0.25) is 5.91 Å². The molecule has 2 rings (SSSR count). The van der Waals surface area contributed by atoms with Gasteiger partial charge < -0.3 is 15.2 Å². The quantitative estimate of drug-likeness (QED) is 0.865. The number of hydrogen-bond acceptors (Lipinski definition) is 4. The number of aromatic nitrogens is 1. The number of aryl methyl sites for hydroxylation is 2. The molecule has 0 spiro atoms. The van der Waals surface area contributed by atoms with Gasteiger partial charge >= 0.3 is 0 Å². The molecule has 1 aliphatic rings. The fourth-order valence-electron chi connectivity index (χ4n) is 2.62. The number of rotatable bonds is 4. The van der Waals surface area contributed by atoms with Crippen LogP contribution in [-0.2, 0) is 11.2 Å². The molecule has 5 nitrogen and oxygen atoms in total. The fourth-order valence-corrected chi connectivity index (χ4v) is 2.62. The molecule has 2 N–H and O–H groups in total. The Bertz CT molecular complexity index is 422. The highest BCUT2D eigenvalue weighted by Gasteiger charge is 2.22. The minimum atomic E-state index is 0.112.